The standard InChI is InChI=1S/C24H36O6/c1-3-21(11-27-12-21)15-29-19(25)23-6-17-5-18(7-23)9-24(8-17,10-23)20(26)30-16-22(4-2)13-28-14-22/h17-18H,3-16H2,1-2H3. The van der Waals surface area contributed by atoms with Gasteiger partial charge >= 0.3 is 11.9 Å². The first-order valence-electron chi connectivity index (χ1n) is 11.9. The summed E-state index contributed by atoms with van der Waals surface area (Å²) in [6, 6.07) is 0. The summed E-state index contributed by atoms with van der Waals surface area (Å²) in [5.41, 5.74) is -1.00. The second kappa shape index (κ2) is 7.19. The molecule has 0 aromatic heterocycles. The Labute approximate surface area is 179 Å². The third-order valence-corrected chi connectivity index (χ3v) is 9.08. The summed E-state index contributed by atoms with van der Waals surface area (Å²) in [5.74, 6) is 0.716. The second-order valence-electron chi connectivity index (χ2n) is 11.4. The van der Waals surface area contributed by atoms with E-state index in [0.29, 0.717) is 57.9 Å². The minimum Gasteiger partial charge on any atom is -0.464 e. The van der Waals surface area contributed by atoms with Crippen molar-refractivity contribution >= 4 is 11.9 Å². The average molecular weight is 421 g/mol. The van der Waals surface area contributed by atoms with Gasteiger partial charge in [0.25, 0.3) is 0 Å². The Balaban J connectivity index is 1.28. The van der Waals surface area contributed by atoms with Crippen LogP contribution in [0.5, 0.6) is 0 Å². The van der Waals surface area contributed by atoms with Crippen LogP contribution in [-0.2, 0) is 28.5 Å². The molecule has 30 heavy (non-hydrogen) atoms. The number of hydrogen-bond acceptors (Lipinski definition) is 6. The Hall–Kier alpha value is -1.14. The average Bonchev–Trinajstić information content (AvgIpc) is 2.65. The highest BCUT2D eigenvalue weighted by Gasteiger charge is 2.64. The van der Waals surface area contributed by atoms with Crippen molar-refractivity contribution in [3.63, 3.8) is 0 Å². The van der Waals surface area contributed by atoms with E-state index in [1.54, 1.807) is 0 Å². The van der Waals surface area contributed by atoms with Crippen molar-refractivity contribution in [3.8, 4) is 0 Å². The summed E-state index contributed by atoms with van der Waals surface area (Å²) in [6.07, 6.45) is 7.16. The lowest BCUT2D eigenvalue weighted by atomic mass is 9.44. The molecule has 2 saturated heterocycles. The SMILES string of the molecule is CCC1(COC(=O)C23CC4CC(C2)CC(C(=O)OCC2(CC)COC2)(C4)C3)COC1. The molecule has 0 radical (unpaired) electrons. The molecule has 6 heteroatoms. The topological polar surface area (TPSA) is 71.1 Å². The zero-order valence-electron chi connectivity index (χ0n) is 18.5. The molecule has 0 aromatic carbocycles. The van der Waals surface area contributed by atoms with Crippen LogP contribution >= 0.6 is 0 Å². The molecule has 6 rings (SSSR count). The quantitative estimate of drug-likeness (QED) is 0.560. The molecule has 6 nitrogen and oxygen atoms in total. The minimum atomic E-state index is -0.495. The van der Waals surface area contributed by atoms with Crippen LogP contribution in [0.25, 0.3) is 0 Å². The Morgan fingerprint density at radius 2 is 1.17 bits per heavy atom. The van der Waals surface area contributed by atoms with Crippen molar-refractivity contribution in [2.45, 2.75) is 65.2 Å². The van der Waals surface area contributed by atoms with Gasteiger partial charge in [-0.15, -0.1) is 0 Å². The Bertz CT molecular complexity index is 625. The first-order chi connectivity index (χ1) is 14.4. The molecule has 4 saturated carbocycles. The van der Waals surface area contributed by atoms with Crippen molar-refractivity contribution in [3.05, 3.63) is 0 Å². The molecule has 168 valence electrons. The highest BCUT2D eigenvalue weighted by Crippen LogP contribution is 2.66. The van der Waals surface area contributed by atoms with Crippen LogP contribution in [0.15, 0.2) is 0 Å². The molecule has 2 heterocycles. The summed E-state index contributed by atoms with van der Waals surface area (Å²) in [4.78, 5) is 26.7. The number of rotatable bonds is 8. The van der Waals surface area contributed by atoms with E-state index in [-0.39, 0.29) is 22.8 Å². The van der Waals surface area contributed by atoms with E-state index in [2.05, 4.69) is 13.8 Å². The maximum atomic E-state index is 13.4. The molecular weight excluding hydrogens is 384 g/mol. The number of carbonyl (C=O) groups excluding carboxylic acids is 2. The smallest absolute Gasteiger partial charge is 0.312 e. The molecule has 0 unspecified atom stereocenters. The fourth-order valence-electron chi connectivity index (χ4n) is 7.04. The van der Waals surface area contributed by atoms with E-state index in [4.69, 9.17) is 18.9 Å². The lowest BCUT2D eigenvalue weighted by Gasteiger charge is -2.59. The van der Waals surface area contributed by atoms with Gasteiger partial charge in [-0.3, -0.25) is 9.59 Å². The van der Waals surface area contributed by atoms with Crippen LogP contribution in [0.2, 0.25) is 0 Å². The fourth-order valence-corrected chi connectivity index (χ4v) is 7.04. The number of ether oxygens (including phenoxy) is 4. The normalized spacial score (nSPS) is 39.7. The number of esters is 2. The van der Waals surface area contributed by atoms with Gasteiger partial charge in [-0.25, -0.2) is 0 Å². The molecule has 6 fully saturated rings. The van der Waals surface area contributed by atoms with Crippen molar-refractivity contribution in [2.24, 2.45) is 33.5 Å². The highest BCUT2D eigenvalue weighted by molar-refractivity contribution is 5.83. The summed E-state index contributed by atoms with van der Waals surface area (Å²) >= 11 is 0. The van der Waals surface area contributed by atoms with Gasteiger partial charge < -0.3 is 18.9 Å². The van der Waals surface area contributed by atoms with Crippen molar-refractivity contribution in [1.29, 1.82) is 0 Å². The van der Waals surface area contributed by atoms with Crippen molar-refractivity contribution in [2.75, 3.05) is 39.6 Å². The Morgan fingerprint density at radius 3 is 1.47 bits per heavy atom. The fraction of sp³-hybridized carbons (Fsp3) is 0.917. The van der Waals surface area contributed by atoms with Crippen molar-refractivity contribution < 1.29 is 28.5 Å². The van der Waals surface area contributed by atoms with E-state index in [0.717, 1.165) is 44.9 Å². The maximum absolute atomic E-state index is 13.4. The zero-order chi connectivity index (χ0) is 21.0. The summed E-state index contributed by atoms with van der Waals surface area (Å²) in [5, 5.41) is 0. The Kier molecular flexibility index (Phi) is 4.97. The predicted molar refractivity (Wildman–Crippen MR) is 109 cm³/mol. The largest absolute Gasteiger partial charge is 0.464 e. The molecule has 4 aliphatic carbocycles. The van der Waals surface area contributed by atoms with Crippen molar-refractivity contribution in [1.82, 2.24) is 0 Å². The maximum Gasteiger partial charge on any atom is 0.312 e. The first-order valence-corrected chi connectivity index (χ1v) is 11.9. The third kappa shape index (κ3) is 3.21. The van der Waals surface area contributed by atoms with E-state index < -0.39 is 10.8 Å². The van der Waals surface area contributed by atoms with Gasteiger partial charge in [0.15, 0.2) is 0 Å². The lowest BCUT2D eigenvalue weighted by Crippen LogP contribution is -2.59. The molecule has 4 bridgehead atoms. The van der Waals surface area contributed by atoms with Crippen LogP contribution in [-0.4, -0.2) is 51.6 Å². The van der Waals surface area contributed by atoms with Gasteiger partial charge in [0.2, 0.25) is 0 Å². The molecular formula is C24H36O6. The minimum absolute atomic E-state index is 0.00606. The van der Waals surface area contributed by atoms with E-state index in [1.807, 2.05) is 0 Å². The molecule has 0 aromatic rings. The van der Waals surface area contributed by atoms with Crippen LogP contribution < -0.4 is 0 Å². The molecule has 0 N–H and O–H groups in total. The summed E-state index contributed by atoms with van der Waals surface area (Å²) in [7, 11) is 0. The molecule has 2 aliphatic heterocycles. The molecule has 0 spiro atoms. The third-order valence-electron chi connectivity index (χ3n) is 9.08. The van der Waals surface area contributed by atoms with E-state index >= 15 is 0 Å². The van der Waals surface area contributed by atoms with Crippen LogP contribution in [0.4, 0.5) is 0 Å². The lowest BCUT2D eigenvalue weighted by molar-refractivity contribution is -0.208. The second-order valence-corrected chi connectivity index (χ2v) is 11.4. The number of carbonyl (C=O) groups is 2. The van der Waals surface area contributed by atoms with Crippen LogP contribution in [0.3, 0.4) is 0 Å². The highest BCUT2D eigenvalue weighted by atomic mass is 16.6. The summed E-state index contributed by atoms with van der Waals surface area (Å²) < 4.78 is 22.6. The number of hydrogen-bond donors (Lipinski definition) is 0. The first kappa shape index (κ1) is 20.7. The monoisotopic (exact) mass is 420 g/mol. The van der Waals surface area contributed by atoms with Gasteiger partial charge in [0, 0.05) is 0 Å². The molecule has 0 atom stereocenters. The van der Waals surface area contributed by atoms with Gasteiger partial charge in [0.1, 0.15) is 13.2 Å². The van der Waals surface area contributed by atoms with Crippen LogP contribution in [0.1, 0.15) is 65.2 Å². The van der Waals surface area contributed by atoms with Crippen LogP contribution in [0, 0.1) is 33.5 Å². The van der Waals surface area contributed by atoms with E-state index in [9.17, 15) is 9.59 Å². The van der Waals surface area contributed by atoms with Gasteiger partial charge in [-0.1, -0.05) is 13.8 Å². The zero-order valence-corrected chi connectivity index (χ0v) is 18.5. The van der Waals surface area contributed by atoms with Gasteiger partial charge in [-0.2, -0.15) is 0 Å². The van der Waals surface area contributed by atoms with E-state index in [1.165, 1.54) is 0 Å². The Morgan fingerprint density at radius 1 is 0.767 bits per heavy atom. The van der Waals surface area contributed by atoms with Gasteiger partial charge in [-0.05, 0) is 63.2 Å². The molecule has 6 aliphatic rings. The summed E-state index contributed by atoms with van der Waals surface area (Å²) in [6.45, 7) is 7.83. The predicted octanol–water partition coefficient (Wildman–Crippen LogP) is 3.51. The van der Waals surface area contributed by atoms with Gasteiger partial charge in [0.05, 0.1) is 48.1 Å². The molecule has 0 amide bonds.